The van der Waals surface area contributed by atoms with Crippen LogP contribution in [0.25, 0.3) is 10.2 Å². The van der Waals surface area contributed by atoms with Gasteiger partial charge in [0.15, 0.2) is 5.13 Å². The van der Waals surface area contributed by atoms with E-state index in [1.807, 2.05) is 24.3 Å². The largest absolute Gasteiger partial charge is 0.334 e. The van der Waals surface area contributed by atoms with Crippen LogP contribution in [0.5, 0.6) is 0 Å². The van der Waals surface area contributed by atoms with E-state index in [-0.39, 0.29) is 11.7 Å². The number of hydrogen-bond acceptors (Lipinski definition) is 3. The third-order valence-corrected chi connectivity index (χ3v) is 5.60. The van der Waals surface area contributed by atoms with E-state index >= 15 is 0 Å². The zero-order valence-corrected chi connectivity index (χ0v) is 15.9. The number of carbonyl (C=O) groups is 1. The summed E-state index contributed by atoms with van der Waals surface area (Å²) >= 11 is 1.51. The van der Waals surface area contributed by atoms with Gasteiger partial charge in [-0.2, -0.15) is 0 Å². The number of nitrogens with one attached hydrogen (secondary N) is 1. The summed E-state index contributed by atoms with van der Waals surface area (Å²) in [4.78, 5) is 20.9. The summed E-state index contributed by atoms with van der Waals surface area (Å²) in [5.74, 6) is -0.490. The lowest BCUT2D eigenvalue weighted by molar-refractivity contribution is -0.894. The van der Waals surface area contributed by atoms with Crippen LogP contribution in [0.2, 0.25) is 0 Å². The van der Waals surface area contributed by atoms with Crippen molar-refractivity contribution in [3.63, 3.8) is 0 Å². The number of fused-ring (bicyclic) bond motifs is 1. The lowest BCUT2D eigenvalue weighted by Crippen LogP contribution is -3.12. The second kappa shape index (κ2) is 8.38. The maximum Gasteiger partial charge on any atom is 0.260 e. The molecule has 3 rings (SSSR count). The summed E-state index contributed by atoms with van der Waals surface area (Å²) in [6.45, 7) is 7.72. The highest BCUT2D eigenvalue weighted by Gasteiger charge is 2.22. The van der Waals surface area contributed by atoms with Crippen molar-refractivity contribution >= 4 is 32.6 Å². The van der Waals surface area contributed by atoms with E-state index in [0.29, 0.717) is 17.2 Å². The van der Waals surface area contributed by atoms with Crippen molar-refractivity contribution in [1.82, 2.24) is 4.98 Å². The van der Waals surface area contributed by atoms with Crippen molar-refractivity contribution in [2.24, 2.45) is 0 Å². The van der Waals surface area contributed by atoms with Gasteiger partial charge < -0.3 is 4.90 Å². The Hall–Kier alpha value is -2.31. The molecule has 0 saturated carbocycles. The third kappa shape index (κ3) is 4.08. The summed E-state index contributed by atoms with van der Waals surface area (Å²) in [5.41, 5.74) is 1.36. The first-order valence-electron chi connectivity index (χ1n) is 8.89. The van der Waals surface area contributed by atoms with Crippen LogP contribution in [-0.4, -0.2) is 37.1 Å². The smallest absolute Gasteiger partial charge is 0.260 e. The molecule has 0 saturated heterocycles. The zero-order valence-electron chi connectivity index (χ0n) is 15.0. The molecule has 136 valence electrons. The number of anilines is 1. The molecular formula is C20H23FN3OS+. The number of aromatic nitrogens is 1. The SMILES string of the molecule is CC[NH+](CC)CCN(C(=O)c1ccc(F)cc1)c1nc2ccccc2s1. The Labute approximate surface area is 156 Å². The molecule has 0 atom stereocenters. The quantitative estimate of drug-likeness (QED) is 0.692. The van der Waals surface area contributed by atoms with Crippen LogP contribution < -0.4 is 9.80 Å². The molecule has 1 aromatic heterocycles. The average Bonchev–Trinajstić information content (AvgIpc) is 3.09. The molecular weight excluding hydrogens is 349 g/mol. The second-order valence-electron chi connectivity index (χ2n) is 6.13. The average molecular weight is 372 g/mol. The predicted octanol–water partition coefficient (Wildman–Crippen LogP) is 3.01. The van der Waals surface area contributed by atoms with Crippen molar-refractivity contribution in [2.45, 2.75) is 13.8 Å². The fourth-order valence-corrected chi connectivity index (χ4v) is 3.87. The maximum atomic E-state index is 13.2. The zero-order chi connectivity index (χ0) is 18.5. The fourth-order valence-electron chi connectivity index (χ4n) is 2.88. The van der Waals surface area contributed by atoms with Crippen LogP contribution in [0.3, 0.4) is 0 Å². The fraction of sp³-hybridized carbons (Fsp3) is 0.300. The first-order chi connectivity index (χ1) is 12.6. The Bertz CT molecular complexity index is 841. The van der Waals surface area contributed by atoms with Gasteiger partial charge in [0.2, 0.25) is 0 Å². The minimum Gasteiger partial charge on any atom is -0.334 e. The lowest BCUT2D eigenvalue weighted by Gasteiger charge is -2.23. The number of nitrogens with zero attached hydrogens (tertiary/aromatic N) is 2. The Morgan fingerprint density at radius 3 is 2.46 bits per heavy atom. The number of halogens is 1. The van der Waals surface area contributed by atoms with Crippen LogP contribution >= 0.6 is 11.3 Å². The van der Waals surface area contributed by atoms with Crippen molar-refractivity contribution in [1.29, 1.82) is 0 Å². The predicted molar refractivity (Wildman–Crippen MR) is 105 cm³/mol. The van der Waals surface area contributed by atoms with E-state index in [0.717, 1.165) is 29.9 Å². The molecule has 0 spiro atoms. The van der Waals surface area contributed by atoms with Gasteiger partial charge in [0.05, 0.1) is 36.4 Å². The minimum absolute atomic E-state index is 0.143. The van der Waals surface area contributed by atoms with Gasteiger partial charge in [-0.25, -0.2) is 9.37 Å². The highest BCUT2D eigenvalue weighted by molar-refractivity contribution is 7.22. The van der Waals surface area contributed by atoms with Gasteiger partial charge in [-0.05, 0) is 50.2 Å². The van der Waals surface area contributed by atoms with Gasteiger partial charge in [0, 0.05) is 5.56 Å². The molecule has 1 amide bonds. The molecule has 0 unspecified atom stereocenters. The second-order valence-corrected chi connectivity index (χ2v) is 7.14. The number of amides is 1. The molecule has 0 radical (unpaired) electrons. The number of benzene rings is 2. The molecule has 26 heavy (non-hydrogen) atoms. The summed E-state index contributed by atoms with van der Waals surface area (Å²) < 4.78 is 14.3. The number of rotatable bonds is 7. The Morgan fingerprint density at radius 1 is 1.12 bits per heavy atom. The van der Waals surface area contributed by atoms with Crippen LogP contribution in [0.4, 0.5) is 9.52 Å². The summed E-state index contributed by atoms with van der Waals surface area (Å²) in [5, 5.41) is 0.687. The number of hydrogen-bond donors (Lipinski definition) is 1. The van der Waals surface area contributed by atoms with E-state index in [4.69, 9.17) is 0 Å². The van der Waals surface area contributed by atoms with Gasteiger partial charge >= 0.3 is 0 Å². The van der Waals surface area contributed by atoms with Crippen LogP contribution in [0.15, 0.2) is 48.5 Å². The van der Waals surface area contributed by atoms with Gasteiger partial charge in [0.25, 0.3) is 5.91 Å². The standard InChI is InChI=1S/C20H22FN3OS/c1-3-23(4-2)13-14-24(19(25)15-9-11-16(21)12-10-15)20-22-17-7-5-6-8-18(17)26-20/h5-12H,3-4,13-14H2,1-2H3/p+1. The third-order valence-electron chi connectivity index (χ3n) is 4.54. The summed E-state index contributed by atoms with van der Waals surface area (Å²) in [6, 6.07) is 13.6. The van der Waals surface area contributed by atoms with E-state index < -0.39 is 0 Å². The van der Waals surface area contributed by atoms with E-state index in [2.05, 4.69) is 18.8 Å². The van der Waals surface area contributed by atoms with Gasteiger partial charge in [0.1, 0.15) is 5.82 Å². The molecule has 1 heterocycles. The molecule has 0 fully saturated rings. The monoisotopic (exact) mass is 372 g/mol. The Balaban J connectivity index is 1.92. The highest BCUT2D eigenvalue weighted by atomic mass is 32.1. The lowest BCUT2D eigenvalue weighted by atomic mass is 10.2. The first kappa shape index (κ1) is 18.5. The molecule has 4 nitrogen and oxygen atoms in total. The van der Waals surface area contributed by atoms with Crippen molar-refractivity contribution in [3.05, 3.63) is 59.9 Å². The topological polar surface area (TPSA) is 37.6 Å². The van der Waals surface area contributed by atoms with Crippen molar-refractivity contribution < 1.29 is 14.1 Å². The van der Waals surface area contributed by atoms with E-state index in [1.165, 1.54) is 40.5 Å². The molecule has 0 aliphatic rings. The number of carbonyl (C=O) groups excluding carboxylic acids is 1. The van der Waals surface area contributed by atoms with E-state index in [9.17, 15) is 9.18 Å². The number of thiazole rings is 1. The van der Waals surface area contributed by atoms with Crippen LogP contribution in [0, 0.1) is 5.82 Å². The van der Waals surface area contributed by atoms with E-state index in [1.54, 1.807) is 4.90 Å². The molecule has 3 aromatic rings. The van der Waals surface area contributed by atoms with Crippen LogP contribution in [-0.2, 0) is 0 Å². The number of quaternary nitrogens is 1. The molecule has 0 aliphatic heterocycles. The highest BCUT2D eigenvalue weighted by Crippen LogP contribution is 2.29. The minimum atomic E-state index is -0.347. The van der Waals surface area contributed by atoms with Crippen molar-refractivity contribution in [2.75, 3.05) is 31.1 Å². The Morgan fingerprint density at radius 2 is 1.81 bits per heavy atom. The number of para-hydroxylation sites is 1. The molecule has 1 N–H and O–H groups in total. The Kier molecular flexibility index (Phi) is 5.96. The first-order valence-corrected chi connectivity index (χ1v) is 9.70. The maximum absolute atomic E-state index is 13.2. The van der Waals surface area contributed by atoms with Crippen LogP contribution in [0.1, 0.15) is 24.2 Å². The van der Waals surface area contributed by atoms with Crippen molar-refractivity contribution in [3.8, 4) is 0 Å². The molecule has 0 aliphatic carbocycles. The number of likely N-dealkylation sites (N-methyl/N-ethyl adjacent to an activating group) is 1. The van der Waals surface area contributed by atoms with Gasteiger partial charge in [-0.3, -0.25) is 9.69 Å². The summed E-state index contributed by atoms with van der Waals surface area (Å²) in [7, 11) is 0. The molecule has 2 aromatic carbocycles. The normalized spacial score (nSPS) is 11.2. The molecule has 0 bridgehead atoms. The summed E-state index contributed by atoms with van der Waals surface area (Å²) in [6.07, 6.45) is 0. The van der Waals surface area contributed by atoms with Gasteiger partial charge in [-0.15, -0.1) is 0 Å². The molecule has 6 heteroatoms. The van der Waals surface area contributed by atoms with Gasteiger partial charge in [-0.1, -0.05) is 23.5 Å².